The molecule has 1 heterocycles. The van der Waals surface area contributed by atoms with Gasteiger partial charge in [-0.2, -0.15) is 0 Å². The largest absolute Gasteiger partial charge is 0.480 e. The van der Waals surface area contributed by atoms with Gasteiger partial charge in [0.2, 0.25) is 5.91 Å². The maximum Gasteiger partial charge on any atom is 0.326 e. The lowest BCUT2D eigenvalue weighted by Crippen LogP contribution is -2.43. The van der Waals surface area contributed by atoms with Gasteiger partial charge < -0.3 is 10.4 Å². The van der Waals surface area contributed by atoms with E-state index in [9.17, 15) is 19.5 Å². The highest BCUT2D eigenvalue weighted by atomic mass is 32.1. The maximum absolute atomic E-state index is 12.5. The molecule has 0 aliphatic heterocycles. The lowest BCUT2D eigenvalue weighted by molar-refractivity contribution is -0.141. The van der Waals surface area contributed by atoms with Crippen LogP contribution in [0.4, 0.5) is 5.13 Å². The van der Waals surface area contributed by atoms with Crippen LogP contribution in [0.15, 0.2) is 60.0 Å². The molecule has 0 saturated heterocycles. The van der Waals surface area contributed by atoms with Crippen molar-refractivity contribution in [3.05, 3.63) is 82.4 Å². The van der Waals surface area contributed by atoms with Crippen LogP contribution in [0.1, 0.15) is 48.0 Å². The van der Waals surface area contributed by atoms with Crippen LogP contribution in [0.3, 0.4) is 0 Å². The molecule has 2 amide bonds. The molecular weight excluding hydrogens is 438 g/mol. The quantitative estimate of drug-likeness (QED) is 0.465. The van der Waals surface area contributed by atoms with E-state index < -0.39 is 17.9 Å². The van der Waals surface area contributed by atoms with Crippen LogP contribution in [-0.4, -0.2) is 33.9 Å². The number of carbonyl (C=O) groups excluding carboxylic acids is 2. The van der Waals surface area contributed by atoms with E-state index in [0.717, 1.165) is 11.1 Å². The third-order valence-corrected chi connectivity index (χ3v) is 5.85. The van der Waals surface area contributed by atoms with Crippen molar-refractivity contribution in [3.63, 3.8) is 0 Å². The van der Waals surface area contributed by atoms with Crippen molar-refractivity contribution >= 4 is 34.3 Å². The molecule has 0 bridgehead atoms. The van der Waals surface area contributed by atoms with E-state index in [2.05, 4.69) is 36.4 Å². The zero-order valence-corrected chi connectivity index (χ0v) is 19.6. The van der Waals surface area contributed by atoms with Crippen LogP contribution in [0.2, 0.25) is 0 Å². The summed E-state index contributed by atoms with van der Waals surface area (Å²) in [5, 5.41) is 16.8. The number of thiazole rings is 1. The number of benzene rings is 2. The van der Waals surface area contributed by atoms with Gasteiger partial charge in [0.25, 0.3) is 5.91 Å². The Morgan fingerprint density at radius 1 is 1.03 bits per heavy atom. The summed E-state index contributed by atoms with van der Waals surface area (Å²) in [6.07, 6.45) is 0.111. The number of hydrogen-bond donors (Lipinski definition) is 3. The summed E-state index contributed by atoms with van der Waals surface area (Å²) in [6.45, 7) is 6.32. The van der Waals surface area contributed by atoms with Crippen LogP contribution in [0.5, 0.6) is 0 Å². The van der Waals surface area contributed by atoms with Gasteiger partial charge in [-0.3, -0.25) is 14.9 Å². The molecule has 172 valence electrons. The molecule has 1 aromatic heterocycles. The molecule has 3 N–H and O–H groups in total. The normalized spacial score (nSPS) is 12.1. The molecule has 1 unspecified atom stereocenters. The molecule has 33 heavy (non-hydrogen) atoms. The second-order valence-corrected chi connectivity index (χ2v) is 9.61. The molecule has 0 saturated carbocycles. The third-order valence-electron chi connectivity index (χ3n) is 5.04. The van der Waals surface area contributed by atoms with Gasteiger partial charge in [-0.25, -0.2) is 9.78 Å². The Morgan fingerprint density at radius 3 is 2.30 bits per heavy atom. The van der Waals surface area contributed by atoms with Crippen LogP contribution in [0, 0.1) is 0 Å². The number of rotatable bonds is 8. The standard InChI is InChI=1S/C25H27N3O4S/c1-25(2,3)18-11-9-17(10-12-18)22(30)28-24-26-19(15-33-24)14-21(29)27-20(23(31)32)13-16-7-5-4-6-8-16/h4-12,15,20H,13-14H2,1-3H3,(H,27,29)(H,31,32)(H,26,28,30). The zero-order chi connectivity index (χ0) is 24.0. The van der Waals surface area contributed by atoms with Crippen molar-refractivity contribution in [1.82, 2.24) is 10.3 Å². The third kappa shape index (κ3) is 6.98. The predicted molar refractivity (Wildman–Crippen MR) is 129 cm³/mol. The van der Waals surface area contributed by atoms with Gasteiger partial charge >= 0.3 is 5.97 Å². The molecule has 3 rings (SSSR count). The molecule has 0 radical (unpaired) electrons. The molecule has 1 atom stereocenters. The molecule has 0 spiro atoms. The van der Waals surface area contributed by atoms with Gasteiger partial charge in [-0.1, -0.05) is 63.2 Å². The topological polar surface area (TPSA) is 108 Å². The highest BCUT2D eigenvalue weighted by Gasteiger charge is 2.21. The molecule has 3 aromatic rings. The molecule has 0 aliphatic rings. The number of carboxylic acids is 1. The Kier molecular flexibility index (Phi) is 7.60. The Balaban J connectivity index is 1.56. The minimum absolute atomic E-state index is 0.000526. The van der Waals surface area contributed by atoms with E-state index in [1.165, 1.54) is 11.3 Å². The number of carboxylic acid groups (broad SMARTS) is 1. The van der Waals surface area contributed by atoms with Crippen molar-refractivity contribution in [3.8, 4) is 0 Å². The Morgan fingerprint density at radius 2 is 1.70 bits per heavy atom. The number of anilines is 1. The van der Waals surface area contributed by atoms with E-state index >= 15 is 0 Å². The summed E-state index contributed by atoms with van der Waals surface area (Å²) in [4.78, 5) is 40.7. The lowest BCUT2D eigenvalue weighted by atomic mass is 9.87. The second kappa shape index (κ2) is 10.4. The number of hydrogen-bond acceptors (Lipinski definition) is 5. The summed E-state index contributed by atoms with van der Waals surface area (Å²) in [6, 6.07) is 15.5. The van der Waals surface area contributed by atoms with Crippen molar-refractivity contribution < 1.29 is 19.5 Å². The van der Waals surface area contributed by atoms with E-state index in [1.54, 1.807) is 17.5 Å². The Bertz CT molecular complexity index is 1120. The fourth-order valence-corrected chi connectivity index (χ4v) is 3.90. The van der Waals surface area contributed by atoms with Crippen molar-refractivity contribution in [2.24, 2.45) is 0 Å². The van der Waals surface area contributed by atoms with Crippen LogP contribution in [0.25, 0.3) is 0 Å². The predicted octanol–water partition coefficient (Wildman–Crippen LogP) is 4.05. The van der Waals surface area contributed by atoms with Gasteiger partial charge in [-0.05, 0) is 28.7 Å². The summed E-state index contributed by atoms with van der Waals surface area (Å²) in [5.74, 6) is -1.83. The number of carbonyl (C=O) groups is 3. The minimum Gasteiger partial charge on any atom is -0.480 e. The average molecular weight is 466 g/mol. The molecular formula is C25H27N3O4S. The molecule has 2 aromatic carbocycles. The van der Waals surface area contributed by atoms with Crippen molar-refractivity contribution in [1.29, 1.82) is 0 Å². The number of aliphatic carboxylic acids is 1. The van der Waals surface area contributed by atoms with Crippen LogP contribution < -0.4 is 10.6 Å². The van der Waals surface area contributed by atoms with E-state index in [-0.39, 0.29) is 24.2 Å². The van der Waals surface area contributed by atoms with Gasteiger partial charge in [0.1, 0.15) is 6.04 Å². The summed E-state index contributed by atoms with van der Waals surface area (Å²) in [7, 11) is 0. The lowest BCUT2D eigenvalue weighted by Gasteiger charge is -2.18. The fourth-order valence-electron chi connectivity index (χ4n) is 3.20. The molecule has 7 nitrogen and oxygen atoms in total. The van der Waals surface area contributed by atoms with Gasteiger partial charge in [0.05, 0.1) is 12.1 Å². The fraction of sp³-hybridized carbons (Fsp3) is 0.280. The van der Waals surface area contributed by atoms with Crippen molar-refractivity contribution in [2.75, 3.05) is 5.32 Å². The number of nitrogens with one attached hydrogen (secondary N) is 2. The average Bonchev–Trinajstić information content (AvgIpc) is 3.19. The van der Waals surface area contributed by atoms with E-state index in [4.69, 9.17) is 0 Å². The van der Waals surface area contributed by atoms with Gasteiger partial charge in [-0.15, -0.1) is 11.3 Å². The summed E-state index contributed by atoms with van der Waals surface area (Å²) < 4.78 is 0. The maximum atomic E-state index is 12.5. The van der Waals surface area contributed by atoms with E-state index in [0.29, 0.717) is 16.4 Å². The number of nitrogens with zero attached hydrogens (tertiary/aromatic N) is 1. The van der Waals surface area contributed by atoms with Crippen LogP contribution >= 0.6 is 11.3 Å². The highest BCUT2D eigenvalue weighted by Crippen LogP contribution is 2.23. The molecule has 0 fully saturated rings. The van der Waals surface area contributed by atoms with Gasteiger partial charge in [0, 0.05) is 17.4 Å². The Labute approximate surface area is 196 Å². The smallest absolute Gasteiger partial charge is 0.326 e. The number of amides is 2. The summed E-state index contributed by atoms with van der Waals surface area (Å²) >= 11 is 1.21. The van der Waals surface area contributed by atoms with E-state index in [1.807, 2.05) is 42.5 Å². The first-order valence-corrected chi connectivity index (χ1v) is 11.4. The first-order chi connectivity index (χ1) is 15.6. The minimum atomic E-state index is -1.10. The summed E-state index contributed by atoms with van der Waals surface area (Å²) in [5.41, 5.74) is 2.93. The second-order valence-electron chi connectivity index (χ2n) is 8.75. The number of aromatic nitrogens is 1. The first-order valence-electron chi connectivity index (χ1n) is 10.5. The SMILES string of the molecule is CC(C)(C)c1ccc(C(=O)Nc2nc(CC(=O)NC(Cc3ccccc3)C(=O)O)cs2)cc1. The van der Waals surface area contributed by atoms with Crippen molar-refractivity contribution in [2.45, 2.75) is 45.1 Å². The Hall–Kier alpha value is -3.52. The van der Waals surface area contributed by atoms with Gasteiger partial charge in [0.15, 0.2) is 5.13 Å². The molecule has 0 aliphatic carbocycles. The monoisotopic (exact) mass is 465 g/mol. The van der Waals surface area contributed by atoms with Crippen LogP contribution in [-0.2, 0) is 27.8 Å². The highest BCUT2D eigenvalue weighted by molar-refractivity contribution is 7.14. The zero-order valence-electron chi connectivity index (χ0n) is 18.8. The molecule has 8 heteroatoms. The first kappa shape index (κ1) is 24.1.